The van der Waals surface area contributed by atoms with E-state index in [1.54, 1.807) is 24.3 Å². The lowest BCUT2D eigenvalue weighted by Gasteiger charge is -2.30. The monoisotopic (exact) mass is 267 g/mol. The van der Waals surface area contributed by atoms with Crippen LogP contribution < -0.4 is 4.74 Å². The van der Waals surface area contributed by atoms with Crippen LogP contribution in [0.25, 0.3) is 0 Å². The minimum atomic E-state index is -0.840. The summed E-state index contributed by atoms with van der Waals surface area (Å²) in [5.74, 6) is 0.554. The predicted molar refractivity (Wildman–Crippen MR) is 68.1 cm³/mol. The van der Waals surface area contributed by atoms with Crippen LogP contribution in [0.5, 0.6) is 5.75 Å². The van der Waals surface area contributed by atoms with E-state index in [2.05, 4.69) is 22.4 Å². The Kier molecular flexibility index (Phi) is 4.41. The molecule has 1 aromatic carbocycles. The number of aliphatic hydroxyl groups excluding tert-OH is 2. The van der Waals surface area contributed by atoms with Gasteiger partial charge in [0.2, 0.25) is 6.29 Å². The molecule has 2 N–H and O–H groups in total. The maximum atomic E-state index is 9.69. The van der Waals surface area contributed by atoms with Gasteiger partial charge in [0.15, 0.2) is 0 Å². The van der Waals surface area contributed by atoms with E-state index in [1.807, 2.05) is 0 Å². The number of hydrogen-bond acceptors (Lipinski definition) is 6. The quantitative estimate of drug-likeness (QED) is 0.637. The smallest absolute Gasteiger partial charge is 0.226 e. The number of rotatable bonds is 3. The van der Waals surface area contributed by atoms with Gasteiger partial charge in [0.05, 0.1) is 23.6 Å². The predicted octanol–water partition coefficient (Wildman–Crippen LogP) is 1.27. The van der Waals surface area contributed by atoms with Crippen molar-refractivity contribution in [1.29, 1.82) is 0 Å². The Morgan fingerprint density at radius 2 is 2.06 bits per heavy atom. The van der Waals surface area contributed by atoms with Gasteiger partial charge >= 0.3 is 0 Å². The van der Waals surface area contributed by atoms with Crippen LogP contribution in [0.4, 0.5) is 5.69 Å². The summed E-state index contributed by atoms with van der Waals surface area (Å²) in [5, 5.41) is 21.2. The summed E-state index contributed by atoms with van der Waals surface area (Å²) in [6.45, 7) is 0.162. The van der Waals surface area contributed by atoms with Gasteiger partial charge in [-0.2, -0.15) is 4.99 Å². The molecule has 3 atom stereocenters. The molecule has 96 valence electrons. The fraction of sp³-hybridized carbons (Fsp3) is 0.417. The Balaban J connectivity index is 1.98. The fourth-order valence-electron chi connectivity index (χ4n) is 1.67. The summed E-state index contributed by atoms with van der Waals surface area (Å²) in [5.41, 5.74) is 0.679. The minimum absolute atomic E-state index is 0.162. The van der Waals surface area contributed by atoms with Crippen molar-refractivity contribution in [2.24, 2.45) is 4.99 Å². The SMILES string of the molecule is OC1C[C@H](O)CO[C@@H]1Oc1ccc(N=C=S)cc1. The molecule has 18 heavy (non-hydrogen) atoms. The zero-order valence-electron chi connectivity index (χ0n) is 9.52. The Morgan fingerprint density at radius 1 is 1.33 bits per heavy atom. The third-order valence-electron chi connectivity index (χ3n) is 2.54. The highest BCUT2D eigenvalue weighted by molar-refractivity contribution is 7.78. The van der Waals surface area contributed by atoms with E-state index < -0.39 is 18.5 Å². The van der Waals surface area contributed by atoms with E-state index in [4.69, 9.17) is 9.47 Å². The zero-order chi connectivity index (χ0) is 13.0. The second kappa shape index (κ2) is 6.04. The number of nitrogens with zero attached hydrogens (tertiary/aromatic N) is 1. The maximum Gasteiger partial charge on any atom is 0.226 e. The third kappa shape index (κ3) is 3.35. The second-order valence-electron chi connectivity index (χ2n) is 3.97. The number of benzene rings is 1. The van der Waals surface area contributed by atoms with E-state index in [9.17, 15) is 10.2 Å². The molecule has 5 nitrogen and oxygen atoms in total. The van der Waals surface area contributed by atoms with Gasteiger partial charge < -0.3 is 19.7 Å². The molecule has 0 radical (unpaired) electrons. The number of isothiocyanates is 1. The lowest BCUT2D eigenvalue weighted by Crippen LogP contribution is -2.44. The summed E-state index contributed by atoms with van der Waals surface area (Å²) in [4.78, 5) is 3.82. The van der Waals surface area contributed by atoms with Crippen molar-refractivity contribution in [3.05, 3.63) is 24.3 Å². The molecule has 6 heteroatoms. The van der Waals surface area contributed by atoms with Crippen molar-refractivity contribution in [2.75, 3.05) is 6.61 Å². The van der Waals surface area contributed by atoms with Crippen molar-refractivity contribution in [2.45, 2.75) is 24.9 Å². The lowest BCUT2D eigenvalue weighted by atomic mass is 10.1. The van der Waals surface area contributed by atoms with Crippen LogP contribution in [0.2, 0.25) is 0 Å². The molecule has 1 aliphatic heterocycles. The molecule has 0 saturated carbocycles. The highest BCUT2D eigenvalue weighted by Gasteiger charge is 2.30. The second-order valence-corrected chi connectivity index (χ2v) is 4.16. The summed E-state index contributed by atoms with van der Waals surface area (Å²) in [6, 6.07) is 6.84. The van der Waals surface area contributed by atoms with Crippen LogP contribution >= 0.6 is 12.2 Å². The molecule has 1 fully saturated rings. The summed E-state index contributed by atoms with van der Waals surface area (Å²) < 4.78 is 10.7. The van der Waals surface area contributed by atoms with Gasteiger partial charge in [-0.25, -0.2) is 0 Å². The van der Waals surface area contributed by atoms with Gasteiger partial charge in [-0.15, -0.1) is 0 Å². The van der Waals surface area contributed by atoms with Gasteiger partial charge in [-0.05, 0) is 36.5 Å². The molecule has 1 saturated heterocycles. The summed E-state index contributed by atoms with van der Waals surface area (Å²) in [6.07, 6.45) is -1.99. The first-order valence-electron chi connectivity index (χ1n) is 5.51. The van der Waals surface area contributed by atoms with Crippen LogP contribution in [0.15, 0.2) is 29.3 Å². The molecule has 1 aromatic rings. The van der Waals surface area contributed by atoms with Gasteiger partial charge in [0, 0.05) is 6.42 Å². The van der Waals surface area contributed by atoms with Gasteiger partial charge in [0.1, 0.15) is 11.9 Å². The Morgan fingerprint density at radius 3 is 2.67 bits per heavy atom. The Hall–Kier alpha value is -1.30. The molecule has 1 unspecified atom stereocenters. The zero-order valence-corrected chi connectivity index (χ0v) is 10.3. The van der Waals surface area contributed by atoms with E-state index in [0.29, 0.717) is 11.4 Å². The van der Waals surface area contributed by atoms with E-state index in [-0.39, 0.29) is 13.0 Å². The largest absolute Gasteiger partial charge is 0.462 e. The van der Waals surface area contributed by atoms with Gasteiger partial charge in [-0.3, -0.25) is 0 Å². The van der Waals surface area contributed by atoms with Crippen LogP contribution in [-0.2, 0) is 4.74 Å². The molecule has 0 spiro atoms. The molecular weight excluding hydrogens is 254 g/mol. The first kappa shape index (κ1) is 13.1. The van der Waals surface area contributed by atoms with Crippen LogP contribution in [0.3, 0.4) is 0 Å². The average Bonchev–Trinajstić information content (AvgIpc) is 2.35. The average molecular weight is 267 g/mol. The van der Waals surface area contributed by atoms with Crippen LogP contribution in [0.1, 0.15) is 6.42 Å². The number of ether oxygens (including phenoxy) is 2. The van der Waals surface area contributed by atoms with E-state index in [1.165, 1.54) is 0 Å². The van der Waals surface area contributed by atoms with E-state index >= 15 is 0 Å². The first-order chi connectivity index (χ1) is 8.69. The molecule has 0 aliphatic carbocycles. The van der Waals surface area contributed by atoms with Crippen molar-refractivity contribution in [1.82, 2.24) is 0 Å². The van der Waals surface area contributed by atoms with Crippen molar-refractivity contribution >= 4 is 23.1 Å². The van der Waals surface area contributed by atoms with Gasteiger partial charge in [0.25, 0.3) is 0 Å². The summed E-state index contributed by atoms with van der Waals surface area (Å²) in [7, 11) is 0. The molecule has 0 amide bonds. The summed E-state index contributed by atoms with van der Waals surface area (Å²) >= 11 is 4.50. The Labute approximate surface area is 110 Å². The topological polar surface area (TPSA) is 71.3 Å². The molecule has 2 rings (SSSR count). The van der Waals surface area contributed by atoms with E-state index in [0.717, 1.165) is 0 Å². The Bertz CT molecular complexity index is 444. The minimum Gasteiger partial charge on any atom is -0.462 e. The van der Waals surface area contributed by atoms with Crippen molar-refractivity contribution < 1.29 is 19.7 Å². The molecule has 1 aliphatic rings. The van der Waals surface area contributed by atoms with Gasteiger partial charge in [-0.1, -0.05) is 0 Å². The number of aliphatic imine (C=N–C) groups is 1. The number of aliphatic hydroxyl groups is 2. The third-order valence-corrected chi connectivity index (χ3v) is 2.64. The fourth-order valence-corrected chi connectivity index (χ4v) is 1.78. The standard InChI is InChI=1S/C12H13NO4S/c14-9-5-11(15)12(16-6-9)17-10-3-1-8(2-4-10)13-7-18/h1-4,9,11-12,14-15H,5-6H2/t9-,11?,12+/m0/s1. The normalized spacial score (nSPS) is 27.3. The number of hydrogen-bond donors (Lipinski definition) is 2. The molecule has 0 bridgehead atoms. The lowest BCUT2D eigenvalue weighted by molar-refractivity contribution is -0.198. The van der Waals surface area contributed by atoms with Crippen LogP contribution in [0, 0.1) is 0 Å². The highest BCUT2D eigenvalue weighted by atomic mass is 32.1. The molecule has 1 heterocycles. The highest BCUT2D eigenvalue weighted by Crippen LogP contribution is 2.22. The van der Waals surface area contributed by atoms with Crippen molar-refractivity contribution in [3.8, 4) is 5.75 Å². The number of thiocarbonyl (C=S) groups is 1. The maximum absolute atomic E-state index is 9.69. The van der Waals surface area contributed by atoms with Crippen molar-refractivity contribution in [3.63, 3.8) is 0 Å². The molecular formula is C12H13NO4S. The molecule has 0 aromatic heterocycles. The van der Waals surface area contributed by atoms with Crippen LogP contribution in [-0.4, -0.2) is 40.5 Å². The first-order valence-corrected chi connectivity index (χ1v) is 5.92.